The van der Waals surface area contributed by atoms with Gasteiger partial charge in [-0.15, -0.1) is 0 Å². The van der Waals surface area contributed by atoms with Gasteiger partial charge in [0, 0.05) is 6.04 Å². The maximum Gasteiger partial charge on any atom is 0.393 e. The highest BCUT2D eigenvalue weighted by atomic mass is 19.4. The van der Waals surface area contributed by atoms with Crippen LogP contribution in [0.2, 0.25) is 0 Å². The standard InChI is InChI=1S/C4H6F3N/c5-4(6,7)2-1-3(2)8/h2-3H,1,8H2/t2?,3-/m1/s1. The van der Waals surface area contributed by atoms with Crippen molar-refractivity contribution >= 4 is 0 Å². The van der Waals surface area contributed by atoms with Crippen LogP contribution < -0.4 is 5.73 Å². The highest BCUT2D eigenvalue weighted by molar-refractivity contribution is 4.94. The zero-order valence-corrected chi connectivity index (χ0v) is 4.07. The van der Waals surface area contributed by atoms with Gasteiger partial charge in [0.1, 0.15) is 0 Å². The Labute approximate surface area is 44.7 Å². The first-order valence-electron chi connectivity index (χ1n) is 2.34. The lowest BCUT2D eigenvalue weighted by atomic mass is 10.4. The van der Waals surface area contributed by atoms with Crippen LogP contribution in [0.3, 0.4) is 0 Å². The van der Waals surface area contributed by atoms with E-state index in [4.69, 9.17) is 5.73 Å². The van der Waals surface area contributed by atoms with Crippen molar-refractivity contribution in [1.82, 2.24) is 0 Å². The van der Waals surface area contributed by atoms with Crippen molar-refractivity contribution in [2.45, 2.75) is 18.6 Å². The largest absolute Gasteiger partial charge is 0.393 e. The number of hydrogen-bond acceptors (Lipinski definition) is 1. The van der Waals surface area contributed by atoms with E-state index in [-0.39, 0.29) is 6.42 Å². The lowest BCUT2D eigenvalue weighted by Gasteiger charge is -2.00. The fourth-order valence-corrected chi connectivity index (χ4v) is 0.591. The molecule has 1 rings (SSSR count). The zero-order valence-electron chi connectivity index (χ0n) is 4.07. The second kappa shape index (κ2) is 1.37. The first-order valence-corrected chi connectivity index (χ1v) is 2.34. The summed E-state index contributed by atoms with van der Waals surface area (Å²) in [4.78, 5) is 0. The van der Waals surface area contributed by atoms with E-state index in [1.165, 1.54) is 0 Å². The van der Waals surface area contributed by atoms with E-state index < -0.39 is 18.1 Å². The summed E-state index contributed by atoms with van der Waals surface area (Å²) < 4.78 is 34.2. The van der Waals surface area contributed by atoms with E-state index in [9.17, 15) is 13.2 Å². The molecule has 0 saturated heterocycles. The summed E-state index contributed by atoms with van der Waals surface area (Å²) in [6.07, 6.45) is -3.93. The number of rotatable bonds is 0. The number of nitrogens with two attached hydrogens (primary N) is 1. The average Bonchev–Trinajstić information content (AvgIpc) is 2.13. The van der Waals surface area contributed by atoms with Crippen molar-refractivity contribution in [1.29, 1.82) is 0 Å². The van der Waals surface area contributed by atoms with Gasteiger partial charge in [-0.1, -0.05) is 0 Å². The summed E-state index contributed by atoms with van der Waals surface area (Å²) in [5, 5.41) is 0. The lowest BCUT2D eigenvalue weighted by molar-refractivity contribution is -0.148. The molecule has 0 spiro atoms. The van der Waals surface area contributed by atoms with Gasteiger partial charge >= 0.3 is 6.18 Å². The van der Waals surface area contributed by atoms with Gasteiger partial charge in [0.25, 0.3) is 0 Å². The Balaban J connectivity index is 2.39. The van der Waals surface area contributed by atoms with Crippen molar-refractivity contribution in [3.8, 4) is 0 Å². The molecule has 0 radical (unpaired) electrons. The molecule has 1 aliphatic carbocycles. The molecule has 1 nitrogen and oxygen atoms in total. The second-order valence-electron chi connectivity index (χ2n) is 2.05. The van der Waals surface area contributed by atoms with Crippen molar-refractivity contribution in [3.05, 3.63) is 0 Å². The molecule has 0 aliphatic heterocycles. The minimum absolute atomic E-state index is 0.115. The van der Waals surface area contributed by atoms with E-state index in [0.717, 1.165) is 0 Å². The van der Waals surface area contributed by atoms with E-state index in [0.29, 0.717) is 0 Å². The first kappa shape index (κ1) is 5.88. The summed E-state index contributed by atoms with van der Waals surface area (Å²) in [6, 6.07) is -0.616. The molecule has 2 N–H and O–H groups in total. The van der Waals surface area contributed by atoms with Gasteiger partial charge in [-0.05, 0) is 6.42 Å². The zero-order chi connectivity index (χ0) is 6.36. The normalized spacial score (nSPS) is 37.5. The summed E-state index contributed by atoms with van der Waals surface area (Å²) in [6.45, 7) is 0. The maximum atomic E-state index is 11.4. The average molecular weight is 125 g/mol. The molecule has 0 aromatic heterocycles. The van der Waals surface area contributed by atoms with Crippen molar-refractivity contribution in [3.63, 3.8) is 0 Å². The monoisotopic (exact) mass is 125 g/mol. The molecule has 4 heteroatoms. The molecule has 1 unspecified atom stereocenters. The Morgan fingerprint density at radius 2 is 1.75 bits per heavy atom. The summed E-state index contributed by atoms with van der Waals surface area (Å²) >= 11 is 0. The van der Waals surface area contributed by atoms with Crippen LogP contribution in [0.5, 0.6) is 0 Å². The van der Waals surface area contributed by atoms with Crippen molar-refractivity contribution in [2.75, 3.05) is 0 Å². The highest BCUT2D eigenvalue weighted by Gasteiger charge is 2.53. The van der Waals surface area contributed by atoms with Crippen molar-refractivity contribution < 1.29 is 13.2 Å². The Hall–Kier alpha value is -0.250. The molecule has 2 atom stereocenters. The van der Waals surface area contributed by atoms with Gasteiger partial charge < -0.3 is 5.73 Å². The maximum absolute atomic E-state index is 11.4. The van der Waals surface area contributed by atoms with Crippen LogP contribution in [0.4, 0.5) is 13.2 Å². The van der Waals surface area contributed by atoms with E-state index in [1.807, 2.05) is 0 Å². The van der Waals surface area contributed by atoms with Gasteiger partial charge in [0.05, 0.1) is 5.92 Å². The molecule has 1 fully saturated rings. The summed E-state index contributed by atoms with van der Waals surface area (Å²) in [5.74, 6) is -1.21. The highest BCUT2D eigenvalue weighted by Crippen LogP contribution is 2.42. The predicted molar refractivity (Wildman–Crippen MR) is 22.1 cm³/mol. The molecular weight excluding hydrogens is 119 g/mol. The van der Waals surface area contributed by atoms with Gasteiger partial charge in [-0.25, -0.2) is 0 Å². The van der Waals surface area contributed by atoms with Crippen LogP contribution in [-0.4, -0.2) is 12.2 Å². The smallest absolute Gasteiger partial charge is 0.327 e. The molecule has 0 bridgehead atoms. The number of halogens is 3. The summed E-state index contributed by atoms with van der Waals surface area (Å²) in [5.41, 5.74) is 4.93. The van der Waals surface area contributed by atoms with E-state index in [1.54, 1.807) is 0 Å². The van der Waals surface area contributed by atoms with Crippen LogP contribution in [0.1, 0.15) is 6.42 Å². The van der Waals surface area contributed by atoms with Crippen LogP contribution in [-0.2, 0) is 0 Å². The van der Waals surface area contributed by atoms with E-state index >= 15 is 0 Å². The van der Waals surface area contributed by atoms with Gasteiger partial charge in [-0.2, -0.15) is 13.2 Å². The van der Waals surface area contributed by atoms with Crippen LogP contribution in [0.25, 0.3) is 0 Å². The summed E-state index contributed by atoms with van der Waals surface area (Å²) in [7, 11) is 0. The van der Waals surface area contributed by atoms with Gasteiger partial charge in [-0.3, -0.25) is 0 Å². The molecule has 0 amide bonds. The molecule has 0 aromatic carbocycles. The van der Waals surface area contributed by atoms with Crippen LogP contribution in [0, 0.1) is 5.92 Å². The fraction of sp³-hybridized carbons (Fsp3) is 1.00. The Morgan fingerprint density at radius 1 is 1.38 bits per heavy atom. The lowest BCUT2D eigenvalue weighted by Crippen LogP contribution is -2.17. The van der Waals surface area contributed by atoms with Crippen LogP contribution >= 0.6 is 0 Å². The third-order valence-electron chi connectivity index (χ3n) is 1.26. The Kier molecular flexibility index (Phi) is 1.01. The predicted octanol–water partition coefficient (Wildman–Crippen LogP) is 0.896. The second-order valence-corrected chi connectivity index (χ2v) is 2.05. The van der Waals surface area contributed by atoms with E-state index in [2.05, 4.69) is 0 Å². The minimum Gasteiger partial charge on any atom is -0.327 e. The molecule has 0 heterocycles. The topological polar surface area (TPSA) is 26.0 Å². The minimum atomic E-state index is -4.04. The number of alkyl halides is 3. The fourth-order valence-electron chi connectivity index (χ4n) is 0.591. The molecule has 48 valence electrons. The third-order valence-corrected chi connectivity index (χ3v) is 1.26. The molecule has 0 aromatic rings. The Morgan fingerprint density at radius 3 is 1.75 bits per heavy atom. The number of hydrogen-bond donors (Lipinski definition) is 1. The molecule has 1 aliphatic rings. The molecule has 1 saturated carbocycles. The third kappa shape index (κ3) is 0.940. The quantitative estimate of drug-likeness (QED) is 0.511. The SMILES string of the molecule is N[C@@H]1CC1C(F)(F)F. The van der Waals surface area contributed by atoms with Gasteiger partial charge in [0.15, 0.2) is 0 Å². The van der Waals surface area contributed by atoms with Gasteiger partial charge in [0.2, 0.25) is 0 Å². The molecular formula is C4H6F3N. The first-order chi connectivity index (χ1) is 3.52. The van der Waals surface area contributed by atoms with Crippen LogP contribution in [0.15, 0.2) is 0 Å². The van der Waals surface area contributed by atoms with Crippen molar-refractivity contribution in [2.24, 2.45) is 11.7 Å². The molecule has 8 heavy (non-hydrogen) atoms. The Bertz CT molecular complexity index is 97.9.